The maximum absolute atomic E-state index is 5.93. The maximum Gasteiger partial charge on any atom is 0.294 e. The van der Waals surface area contributed by atoms with Gasteiger partial charge in [0.25, 0.3) is 5.19 Å². The lowest BCUT2D eigenvalue weighted by Gasteiger charge is -2.25. The molecule has 0 aromatic carbocycles. The van der Waals surface area contributed by atoms with Crippen molar-refractivity contribution >= 4 is 11.3 Å². The summed E-state index contributed by atoms with van der Waals surface area (Å²) in [4.78, 5) is 0. The Morgan fingerprint density at radius 1 is 1.39 bits per heavy atom. The Balaban J connectivity index is 1.82. The lowest BCUT2D eigenvalue weighted by Crippen LogP contribution is -2.23. The monoisotopic (exact) mass is 269 g/mol. The maximum atomic E-state index is 5.93. The molecule has 0 bridgehead atoms. The molecular weight excluding hydrogens is 246 g/mol. The van der Waals surface area contributed by atoms with Crippen LogP contribution in [0.1, 0.15) is 51.5 Å². The van der Waals surface area contributed by atoms with Gasteiger partial charge in [0.2, 0.25) is 0 Å². The van der Waals surface area contributed by atoms with Crippen molar-refractivity contribution in [3.05, 3.63) is 5.01 Å². The molecule has 0 spiro atoms. The lowest BCUT2D eigenvalue weighted by molar-refractivity contribution is 0.128. The van der Waals surface area contributed by atoms with Gasteiger partial charge < -0.3 is 10.1 Å². The highest BCUT2D eigenvalue weighted by Crippen LogP contribution is 2.28. The molecule has 5 heteroatoms. The number of nitrogens with one attached hydrogen (secondary N) is 1. The van der Waals surface area contributed by atoms with Crippen LogP contribution in [0.25, 0.3) is 0 Å². The summed E-state index contributed by atoms with van der Waals surface area (Å²) in [5.74, 6) is 0.777. The zero-order chi connectivity index (χ0) is 13.0. The van der Waals surface area contributed by atoms with E-state index in [0.717, 1.165) is 35.5 Å². The average molecular weight is 269 g/mol. The molecule has 0 aliphatic heterocycles. The van der Waals surface area contributed by atoms with Crippen LogP contribution >= 0.6 is 11.3 Å². The van der Waals surface area contributed by atoms with Crippen LogP contribution in [0.15, 0.2) is 0 Å². The van der Waals surface area contributed by atoms with E-state index in [1.165, 1.54) is 12.8 Å². The van der Waals surface area contributed by atoms with Gasteiger partial charge in [-0.3, -0.25) is 0 Å². The Morgan fingerprint density at radius 3 is 2.94 bits per heavy atom. The van der Waals surface area contributed by atoms with Gasteiger partial charge in [-0.15, -0.1) is 5.10 Å². The number of aromatic nitrogens is 2. The van der Waals surface area contributed by atoms with Gasteiger partial charge in [-0.05, 0) is 25.2 Å². The molecule has 2 atom stereocenters. The Bertz CT molecular complexity index is 367. The highest BCUT2D eigenvalue weighted by molar-refractivity contribution is 7.13. The Morgan fingerprint density at radius 2 is 2.22 bits per heavy atom. The predicted molar refractivity (Wildman–Crippen MR) is 73.9 cm³/mol. The van der Waals surface area contributed by atoms with Gasteiger partial charge in [0.15, 0.2) is 0 Å². The number of ether oxygens (including phenoxy) is 1. The van der Waals surface area contributed by atoms with Crippen LogP contribution in [0.2, 0.25) is 0 Å². The van der Waals surface area contributed by atoms with Crippen molar-refractivity contribution in [1.82, 2.24) is 15.5 Å². The van der Waals surface area contributed by atoms with Gasteiger partial charge in [0, 0.05) is 6.04 Å². The molecule has 1 aliphatic carbocycles. The Hall–Kier alpha value is -0.680. The molecule has 0 radical (unpaired) electrons. The molecule has 0 amide bonds. The molecule has 18 heavy (non-hydrogen) atoms. The number of hydrogen-bond acceptors (Lipinski definition) is 5. The van der Waals surface area contributed by atoms with Crippen molar-refractivity contribution in [2.75, 3.05) is 0 Å². The predicted octanol–water partition coefficient (Wildman–Crippen LogP) is 2.99. The fourth-order valence-electron chi connectivity index (χ4n) is 2.28. The van der Waals surface area contributed by atoms with Gasteiger partial charge in [0.05, 0.1) is 6.54 Å². The van der Waals surface area contributed by atoms with Gasteiger partial charge >= 0.3 is 0 Å². The minimum absolute atomic E-state index is 0.340. The van der Waals surface area contributed by atoms with Crippen molar-refractivity contribution in [1.29, 1.82) is 0 Å². The topological polar surface area (TPSA) is 47.0 Å². The molecule has 4 nitrogen and oxygen atoms in total. The second-order valence-corrected chi connectivity index (χ2v) is 6.53. The summed E-state index contributed by atoms with van der Waals surface area (Å²) in [5, 5.41) is 13.3. The molecule has 2 unspecified atom stereocenters. The van der Waals surface area contributed by atoms with E-state index < -0.39 is 0 Å². The van der Waals surface area contributed by atoms with E-state index in [-0.39, 0.29) is 0 Å². The molecule has 1 aliphatic rings. The first-order valence-corrected chi connectivity index (χ1v) is 7.67. The normalized spacial score (nSPS) is 24.4. The fourth-order valence-corrected chi connectivity index (χ4v) is 2.98. The third-order valence-corrected chi connectivity index (χ3v) is 4.08. The van der Waals surface area contributed by atoms with Gasteiger partial charge in [-0.1, -0.05) is 43.6 Å². The average Bonchev–Trinajstić information content (AvgIpc) is 2.74. The molecular formula is C13H23N3OS. The highest BCUT2D eigenvalue weighted by Gasteiger charge is 2.21. The number of hydrogen-bond donors (Lipinski definition) is 1. The van der Waals surface area contributed by atoms with E-state index in [1.807, 2.05) is 0 Å². The minimum Gasteiger partial charge on any atom is -0.466 e. The number of nitrogens with zero attached hydrogens (tertiary/aromatic N) is 2. The standard InChI is InChI=1S/C13H23N3OS/c1-9(2)14-8-12-15-16-13(18-12)17-11-6-4-5-10(3)7-11/h9-11,14H,4-8H2,1-3H3. The van der Waals surface area contributed by atoms with Crippen LogP contribution < -0.4 is 10.1 Å². The van der Waals surface area contributed by atoms with E-state index in [0.29, 0.717) is 12.1 Å². The molecule has 1 aromatic rings. The first-order chi connectivity index (χ1) is 8.63. The Kier molecular flexibility index (Phi) is 4.95. The van der Waals surface area contributed by atoms with Crippen LogP contribution in [-0.4, -0.2) is 22.3 Å². The molecule has 2 rings (SSSR count). The largest absolute Gasteiger partial charge is 0.466 e. The van der Waals surface area contributed by atoms with Crippen LogP contribution in [0.3, 0.4) is 0 Å². The summed E-state index contributed by atoms with van der Waals surface area (Å²) in [6.07, 6.45) is 5.25. The summed E-state index contributed by atoms with van der Waals surface area (Å²) in [5.41, 5.74) is 0. The van der Waals surface area contributed by atoms with Crippen molar-refractivity contribution in [2.24, 2.45) is 5.92 Å². The molecule has 1 heterocycles. The first-order valence-electron chi connectivity index (χ1n) is 6.86. The van der Waals surface area contributed by atoms with E-state index in [4.69, 9.17) is 4.74 Å². The van der Waals surface area contributed by atoms with Crippen LogP contribution in [0, 0.1) is 5.92 Å². The minimum atomic E-state index is 0.340. The SMILES string of the molecule is CC1CCCC(Oc2nnc(CNC(C)C)s2)C1. The Labute approximate surface area is 113 Å². The van der Waals surface area contributed by atoms with E-state index in [1.54, 1.807) is 11.3 Å². The van der Waals surface area contributed by atoms with E-state index in [2.05, 4.69) is 36.3 Å². The van der Waals surface area contributed by atoms with Gasteiger partial charge in [0.1, 0.15) is 11.1 Å². The van der Waals surface area contributed by atoms with Crippen LogP contribution in [0.5, 0.6) is 5.19 Å². The third-order valence-electron chi connectivity index (χ3n) is 3.27. The summed E-state index contributed by atoms with van der Waals surface area (Å²) in [6, 6.07) is 0.470. The summed E-state index contributed by atoms with van der Waals surface area (Å²) >= 11 is 1.56. The van der Waals surface area contributed by atoms with E-state index >= 15 is 0 Å². The summed E-state index contributed by atoms with van der Waals surface area (Å²) in [7, 11) is 0. The van der Waals surface area contributed by atoms with Crippen molar-refractivity contribution < 1.29 is 4.74 Å². The molecule has 1 fully saturated rings. The molecule has 1 aromatic heterocycles. The second-order valence-electron chi connectivity index (χ2n) is 5.51. The number of rotatable bonds is 5. The molecule has 102 valence electrons. The smallest absolute Gasteiger partial charge is 0.294 e. The molecule has 0 saturated heterocycles. The first kappa shape index (κ1) is 13.7. The second kappa shape index (κ2) is 6.48. The zero-order valence-corrected chi connectivity index (χ0v) is 12.3. The summed E-state index contributed by atoms with van der Waals surface area (Å²) in [6.45, 7) is 7.33. The van der Waals surface area contributed by atoms with Crippen LogP contribution in [0.4, 0.5) is 0 Å². The lowest BCUT2D eigenvalue weighted by atomic mass is 9.89. The summed E-state index contributed by atoms with van der Waals surface area (Å²) < 4.78 is 5.93. The van der Waals surface area contributed by atoms with Crippen molar-refractivity contribution in [2.45, 2.75) is 65.1 Å². The highest BCUT2D eigenvalue weighted by atomic mass is 32.1. The van der Waals surface area contributed by atoms with Crippen molar-refractivity contribution in [3.63, 3.8) is 0 Å². The molecule has 1 N–H and O–H groups in total. The van der Waals surface area contributed by atoms with Crippen LogP contribution in [-0.2, 0) is 6.54 Å². The quantitative estimate of drug-likeness (QED) is 0.892. The zero-order valence-electron chi connectivity index (χ0n) is 11.5. The van der Waals surface area contributed by atoms with Crippen molar-refractivity contribution in [3.8, 4) is 5.19 Å². The fraction of sp³-hybridized carbons (Fsp3) is 0.846. The molecule has 1 saturated carbocycles. The third kappa shape index (κ3) is 4.21. The van der Waals surface area contributed by atoms with Gasteiger partial charge in [-0.2, -0.15) is 0 Å². The van der Waals surface area contributed by atoms with E-state index in [9.17, 15) is 0 Å². The van der Waals surface area contributed by atoms with Gasteiger partial charge in [-0.25, -0.2) is 0 Å².